The first-order chi connectivity index (χ1) is 30.7. The number of amides is 2. The van der Waals surface area contributed by atoms with Crippen molar-refractivity contribution in [2.24, 2.45) is 0 Å². The summed E-state index contributed by atoms with van der Waals surface area (Å²) in [5.41, 5.74) is 3.73. The number of carbonyl (C=O) groups excluding carboxylic acids is 2. The Labute approximate surface area is 398 Å². The minimum atomic E-state index is -0.614. The summed E-state index contributed by atoms with van der Waals surface area (Å²) in [6, 6.07) is 25.7. The zero-order valence-electron chi connectivity index (χ0n) is 40.4. The van der Waals surface area contributed by atoms with Crippen molar-refractivity contribution in [2.45, 2.75) is 156 Å². The lowest BCUT2D eigenvalue weighted by Gasteiger charge is -2.32. The number of hydrogen-bond acceptors (Lipinski definition) is 8. The highest BCUT2D eigenvalue weighted by Crippen LogP contribution is 2.43. The van der Waals surface area contributed by atoms with E-state index in [0.29, 0.717) is 47.2 Å². The van der Waals surface area contributed by atoms with Crippen molar-refractivity contribution in [3.8, 4) is 0 Å². The largest absolute Gasteiger partial charge is 0.494 e. The fraction of sp³-hybridized carbons (Fsp3) is 0.480. The van der Waals surface area contributed by atoms with Crippen LogP contribution in [-0.4, -0.2) is 76.4 Å². The average molecular weight is 969 g/mol. The Hall–Kier alpha value is -3.89. The molecule has 0 N–H and O–H groups in total. The van der Waals surface area contributed by atoms with Gasteiger partial charge in [0.05, 0.1) is 46.4 Å². The van der Waals surface area contributed by atoms with Gasteiger partial charge in [-0.1, -0.05) is 82.7 Å². The van der Waals surface area contributed by atoms with Crippen LogP contribution in [0.1, 0.15) is 116 Å². The molecule has 5 heterocycles. The molecule has 3 fully saturated rings. The maximum atomic E-state index is 14.7. The summed E-state index contributed by atoms with van der Waals surface area (Å²) in [5, 5.41) is 0. The van der Waals surface area contributed by atoms with Gasteiger partial charge in [0.15, 0.2) is 0 Å². The summed E-state index contributed by atoms with van der Waals surface area (Å²) in [7, 11) is -1.57. The molecule has 9 rings (SSSR count). The molecule has 0 bridgehead atoms. The van der Waals surface area contributed by atoms with E-state index in [4.69, 9.17) is 27.9 Å². The van der Waals surface area contributed by atoms with Gasteiger partial charge in [0, 0.05) is 30.7 Å². The molecule has 3 saturated heterocycles. The van der Waals surface area contributed by atoms with E-state index < -0.39 is 38.2 Å². The lowest BCUT2D eigenvalue weighted by molar-refractivity contribution is -0.131. The van der Waals surface area contributed by atoms with E-state index in [-0.39, 0.29) is 52.9 Å². The molecular weight excluding hydrogens is 907 g/mol. The Bertz CT molecular complexity index is 2340. The van der Waals surface area contributed by atoms with Gasteiger partial charge in [-0.3, -0.25) is 9.59 Å². The SMILES string of the molecule is CC1(C)OB(B2OC(C)(C)C(C)(C)O2)OC1(C)C.CC1(C)OB(c2ccc(CC(=O)N3Cc4ccccc4C3)c(F)c2)OC1(C)C.O=C(Cc1ccc(Br)cc1F)N1Cc2ccccc2C1. The summed E-state index contributed by atoms with van der Waals surface area (Å²) >= 11 is 3.21. The monoisotopic (exact) mass is 968 g/mol. The molecule has 5 aliphatic rings. The number of rotatable bonds is 6. The average Bonchev–Trinajstić information content (AvgIpc) is 4.00. The number of hydrogen-bond donors (Lipinski definition) is 0. The Kier molecular flexibility index (Phi) is 14.1. The van der Waals surface area contributed by atoms with Gasteiger partial charge in [0.25, 0.3) is 0 Å². The zero-order chi connectivity index (χ0) is 48.2. The van der Waals surface area contributed by atoms with Crippen LogP contribution in [0.5, 0.6) is 0 Å². The first kappa shape index (κ1) is 50.0. The maximum absolute atomic E-state index is 14.7. The lowest BCUT2D eigenvalue weighted by Crippen LogP contribution is -2.41. The minimum Gasteiger partial charge on any atom is -0.405 e. The number of carbonyl (C=O) groups is 2. The van der Waals surface area contributed by atoms with Crippen LogP contribution in [0.3, 0.4) is 0 Å². The Morgan fingerprint density at radius 3 is 1.15 bits per heavy atom. The molecule has 0 atom stereocenters. The molecule has 350 valence electrons. The summed E-state index contributed by atoms with van der Waals surface area (Å²) in [4.78, 5) is 28.5. The third-order valence-corrected chi connectivity index (χ3v) is 14.9. The van der Waals surface area contributed by atoms with E-state index in [9.17, 15) is 18.4 Å². The predicted octanol–water partition coefficient (Wildman–Crippen LogP) is 9.13. The van der Waals surface area contributed by atoms with Gasteiger partial charge in [-0.05, 0) is 140 Å². The Morgan fingerprint density at radius 1 is 0.500 bits per heavy atom. The van der Waals surface area contributed by atoms with Crippen LogP contribution in [0.15, 0.2) is 89.4 Å². The van der Waals surface area contributed by atoms with Crippen molar-refractivity contribution in [3.05, 3.63) is 134 Å². The highest BCUT2D eigenvalue weighted by molar-refractivity contribution is 9.10. The second kappa shape index (κ2) is 18.5. The first-order valence-corrected chi connectivity index (χ1v) is 23.5. The molecule has 0 aliphatic carbocycles. The third kappa shape index (κ3) is 10.5. The van der Waals surface area contributed by atoms with Crippen molar-refractivity contribution >= 4 is 54.3 Å². The molecule has 4 aromatic carbocycles. The van der Waals surface area contributed by atoms with Crippen LogP contribution >= 0.6 is 15.9 Å². The van der Waals surface area contributed by atoms with Crippen molar-refractivity contribution < 1.29 is 46.3 Å². The molecule has 0 saturated carbocycles. The van der Waals surface area contributed by atoms with Gasteiger partial charge < -0.3 is 37.7 Å². The fourth-order valence-corrected chi connectivity index (χ4v) is 8.40. The summed E-state index contributed by atoms with van der Waals surface area (Å²) in [6.45, 7) is 26.5. The van der Waals surface area contributed by atoms with Gasteiger partial charge in [0.1, 0.15) is 11.6 Å². The van der Waals surface area contributed by atoms with Crippen molar-refractivity contribution in [2.75, 3.05) is 0 Å². The highest BCUT2D eigenvalue weighted by atomic mass is 79.9. The van der Waals surface area contributed by atoms with Gasteiger partial charge in [-0.2, -0.15) is 0 Å². The van der Waals surface area contributed by atoms with E-state index in [1.165, 1.54) is 23.3 Å². The normalized spacial score (nSPS) is 21.2. The molecule has 0 unspecified atom stereocenters. The van der Waals surface area contributed by atoms with Crippen LogP contribution in [0.25, 0.3) is 0 Å². The minimum absolute atomic E-state index is 0.0394. The van der Waals surface area contributed by atoms with E-state index >= 15 is 0 Å². The van der Waals surface area contributed by atoms with E-state index in [2.05, 4.69) is 15.9 Å². The van der Waals surface area contributed by atoms with E-state index in [1.54, 1.807) is 34.1 Å². The van der Waals surface area contributed by atoms with Gasteiger partial charge in [-0.25, -0.2) is 8.78 Å². The quantitative estimate of drug-likeness (QED) is 0.177. The van der Waals surface area contributed by atoms with Crippen molar-refractivity contribution in [3.63, 3.8) is 0 Å². The van der Waals surface area contributed by atoms with Gasteiger partial charge in [-0.15, -0.1) is 0 Å². The number of fused-ring (bicyclic) bond motifs is 2. The summed E-state index contributed by atoms with van der Waals surface area (Å²) in [6.07, 6.45) is 0.149. The van der Waals surface area contributed by atoms with Gasteiger partial charge >= 0.3 is 21.1 Å². The maximum Gasteiger partial charge on any atom is 0.494 e. The van der Waals surface area contributed by atoms with Crippen LogP contribution in [0, 0.1) is 11.6 Å². The lowest BCUT2D eigenvalue weighted by atomic mass is 9.49. The molecule has 10 nitrogen and oxygen atoms in total. The molecule has 4 aromatic rings. The van der Waals surface area contributed by atoms with Crippen LogP contribution < -0.4 is 5.46 Å². The Morgan fingerprint density at radius 2 is 0.818 bits per heavy atom. The summed E-state index contributed by atoms with van der Waals surface area (Å²) < 4.78 is 65.0. The first-order valence-electron chi connectivity index (χ1n) is 22.7. The molecule has 2 amide bonds. The highest BCUT2D eigenvalue weighted by Gasteiger charge is 2.63. The number of nitrogens with zero attached hydrogens (tertiary/aromatic N) is 2. The second-order valence-corrected chi connectivity index (χ2v) is 21.7. The molecule has 5 aliphatic heterocycles. The standard InChI is InChI=1S/C22H25BFNO3.C16H13BrFNO.C12H24B2O4/c1-21(2)22(3,4)28-23(27-21)18-10-9-15(19(24)12-18)11-20(26)25-13-16-7-5-6-8-17(16)14-25;17-14-6-5-11(15(18)8-14)7-16(20)19-9-12-3-1-2-4-13(12)10-19;1-9(2)10(3,4)16-13(15-9)14-17-11(5,6)12(7,8)18-14/h5-10,12H,11,13-14H2,1-4H3;1-6,8H,7,9-10H2;1-8H3. The smallest absolute Gasteiger partial charge is 0.405 e. The molecule has 16 heteroatoms. The van der Waals surface area contributed by atoms with Crippen LogP contribution in [0.4, 0.5) is 8.78 Å². The number of halogens is 3. The molecular formula is C50H62B3BrF2N2O8. The predicted molar refractivity (Wildman–Crippen MR) is 257 cm³/mol. The van der Waals surface area contributed by atoms with E-state index in [0.717, 1.165) is 11.1 Å². The molecule has 0 spiro atoms. The number of benzene rings is 4. The van der Waals surface area contributed by atoms with Crippen molar-refractivity contribution in [1.82, 2.24) is 9.80 Å². The van der Waals surface area contributed by atoms with E-state index in [1.807, 2.05) is 132 Å². The second-order valence-electron chi connectivity index (χ2n) is 20.8. The van der Waals surface area contributed by atoms with Crippen LogP contribution in [-0.2, 0) is 76.5 Å². The zero-order valence-corrected chi connectivity index (χ0v) is 41.9. The van der Waals surface area contributed by atoms with Gasteiger partial charge in [0.2, 0.25) is 11.8 Å². The van der Waals surface area contributed by atoms with Crippen molar-refractivity contribution in [1.29, 1.82) is 0 Å². The fourth-order valence-electron chi connectivity index (χ4n) is 8.07. The molecule has 66 heavy (non-hydrogen) atoms. The molecule has 0 aromatic heterocycles. The summed E-state index contributed by atoms with van der Waals surface area (Å²) in [5.74, 6) is -0.859. The van der Waals surface area contributed by atoms with Crippen LogP contribution in [0.2, 0.25) is 0 Å². The molecule has 0 radical (unpaired) electrons. The topological polar surface area (TPSA) is 96.0 Å². The Balaban J connectivity index is 0.000000152. The third-order valence-electron chi connectivity index (χ3n) is 14.5.